The zero-order chi connectivity index (χ0) is 13.4. The van der Waals surface area contributed by atoms with Crippen molar-refractivity contribution in [3.8, 4) is 17.0 Å². The summed E-state index contributed by atoms with van der Waals surface area (Å²) in [5, 5.41) is 10.3. The molecule has 0 bridgehead atoms. The van der Waals surface area contributed by atoms with Crippen molar-refractivity contribution in [2.24, 2.45) is 0 Å². The second kappa shape index (κ2) is 4.28. The third-order valence-electron chi connectivity index (χ3n) is 3.21. The summed E-state index contributed by atoms with van der Waals surface area (Å²) in [7, 11) is 0. The first kappa shape index (κ1) is 11.5. The van der Waals surface area contributed by atoms with Crippen LogP contribution in [0.3, 0.4) is 0 Å². The van der Waals surface area contributed by atoms with Gasteiger partial charge in [-0.1, -0.05) is 0 Å². The number of benzene rings is 2. The fraction of sp³-hybridized carbons (Fsp3) is 0.0625. The van der Waals surface area contributed by atoms with Crippen LogP contribution in [0, 0.1) is 0 Å². The van der Waals surface area contributed by atoms with E-state index in [4.69, 9.17) is 0 Å². The number of rotatable bonds is 2. The van der Waals surface area contributed by atoms with Crippen molar-refractivity contribution in [1.82, 2.24) is 4.98 Å². The van der Waals surface area contributed by atoms with Crippen LogP contribution in [0.15, 0.2) is 48.5 Å². The monoisotopic (exact) mass is 251 g/mol. The molecule has 3 heteroatoms. The summed E-state index contributed by atoms with van der Waals surface area (Å²) in [6, 6.07) is 14.6. The summed E-state index contributed by atoms with van der Waals surface area (Å²) >= 11 is 0. The van der Waals surface area contributed by atoms with Crippen LogP contribution < -0.4 is 0 Å². The van der Waals surface area contributed by atoms with Crippen molar-refractivity contribution in [3.63, 3.8) is 0 Å². The van der Waals surface area contributed by atoms with Crippen molar-refractivity contribution in [3.05, 3.63) is 54.1 Å². The number of nitrogens with one attached hydrogen (secondary N) is 1. The average Bonchev–Trinajstić information content (AvgIpc) is 2.82. The molecular weight excluding hydrogens is 238 g/mol. The molecule has 1 heterocycles. The van der Waals surface area contributed by atoms with Gasteiger partial charge < -0.3 is 10.1 Å². The van der Waals surface area contributed by atoms with Crippen LogP contribution in [0.1, 0.15) is 17.3 Å². The Bertz CT molecular complexity index is 754. The lowest BCUT2D eigenvalue weighted by atomic mass is 10.1. The maximum atomic E-state index is 11.4. The Labute approximate surface area is 110 Å². The van der Waals surface area contributed by atoms with Crippen LogP contribution in [0.4, 0.5) is 0 Å². The molecule has 94 valence electrons. The molecule has 0 aliphatic rings. The largest absolute Gasteiger partial charge is 0.508 e. The first-order valence-electron chi connectivity index (χ1n) is 6.06. The van der Waals surface area contributed by atoms with Gasteiger partial charge in [-0.15, -0.1) is 0 Å². The Morgan fingerprint density at radius 1 is 1.05 bits per heavy atom. The van der Waals surface area contributed by atoms with Gasteiger partial charge in [-0.3, -0.25) is 4.79 Å². The third kappa shape index (κ3) is 2.10. The predicted molar refractivity (Wildman–Crippen MR) is 75.4 cm³/mol. The molecule has 0 atom stereocenters. The Kier molecular flexibility index (Phi) is 2.60. The highest BCUT2D eigenvalue weighted by molar-refractivity contribution is 5.98. The second-order valence-electron chi connectivity index (χ2n) is 4.59. The third-order valence-corrected chi connectivity index (χ3v) is 3.21. The lowest BCUT2D eigenvalue weighted by molar-refractivity contribution is 0.101. The molecule has 0 amide bonds. The Hall–Kier alpha value is -2.55. The number of phenols is 1. The van der Waals surface area contributed by atoms with Crippen molar-refractivity contribution in [1.29, 1.82) is 0 Å². The van der Waals surface area contributed by atoms with E-state index < -0.39 is 0 Å². The second-order valence-corrected chi connectivity index (χ2v) is 4.59. The molecule has 0 unspecified atom stereocenters. The van der Waals surface area contributed by atoms with Gasteiger partial charge in [0.05, 0.1) is 0 Å². The first-order chi connectivity index (χ1) is 9.13. The van der Waals surface area contributed by atoms with E-state index in [-0.39, 0.29) is 11.5 Å². The number of carbonyl (C=O) groups is 1. The zero-order valence-corrected chi connectivity index (χ0v) is 10.5. The van der Waals surface area contributed by atoms with E-state index in [0.29, 0.717) is 5.56 Å². The molecule has 0 fully saturated rings. The average molecular weight is 251 g/mol. The summed E-state index contributed by atoms with van der Waals surface area (Å²) in [6.07, 6.45) is 0. The normalized spacial score (nSPS) is 10.8. The standard InChI is InChI=1S/C16H13NO2/c1-10(18)12-4-7-15-13(8-12)9-16(17-15)11-2-5-14(19)6-3-11/h2-9,17,19H,1H3. The minimum atomic E-state index is 0.0642. The molecule has 3 aromatic rings. The number of ketones is 1. The van der Waals surface area contributed by atoms with Gasteiger partial charge in [0, 0.05) is 22.2 Å². The van der Waals surface area contributed by atoms with Crippen LogP contribution >= 0.6 is 0 Å². The highest BCUT2D eigenvalue weighted by Gasteiger charge is 2.06. The fourth-order valence-electron chi connectivity index (χ4n) is 2.15. The molecule has 0 radical (unpaired) electrons. The summed E-state index contributed by atoms with van der Waals surface area (Å²) in [5.74, 6) is 0.313. The van der Waals surface area contributed by atoms with E-state index in [1.807, 2.05) is 36.4 Å². The number of aromatic hydroxyl groups is 1. The van der Waals surface area contributed by atoms with Gasteiger partial charge >= 0.3 is 0 Å². The lowest BCUT2D eigenvalue weighted by Crippen LogP contribution is -1.89. The number of phenolic OH excluding ortho intramolecular Hbond substituents is 1. The van der Waals surface area contributed by atoms with Crippen molar-refractivity contribution < 1.29 is 9.90 Å². The minimum Gasteiger partial charge on any atom is -0.508 e. The zero-order valence-electron chi connectivity index (χ0n) is 10.5. The van der Waals surface area contributed by atoms with Gasteiger partial charge in [-0.05, 0) is 61.0 Å². The number of hydrogen-bond donors (Lipinski definition) is 2. The van der Waals surface area contributed by atoms with Crippen molar-refractivity contribution >= 4 is 16.7 Å². The number of carbonyl (C=O) groups excluding carboxylic acids is 1. The quantitative estimate of drug-likeness (QED) is 0.681. The minimum absolute atomic E-state index is 0.0642. The molecule has 0 spiro atoms. The van der Waals surface area contributed by atoms with E-state index in [0.717, 1.165) is 22.2 Å². The Balaban J connectivity index is 2.11. The predicted octanol–water partition coefficient (Wildman–Crippen LogP) is 3.74. The van der Waals surface area contributed by atoms with Crippen LogP contribution in [0.2, 0.25) is 0 Å². The van der Waals surface area contributed by atoms with Gasteiger partial charge in [-0.25, -0.2) is 0 Å². The van der Waals surface area contributed by atoms with Crippen molar-refractivity contribution in [2.75, 3.05) is 0 Å². The van der Waals surface area contributed by atoms with E-state index in [2.05, 4.69) is 4.98 Å². The van der Waals surface area contributed by atoms with Gasteiger partial charge in [0.15, 0.2) is 5.78 Å². The van der Waals surface area contributed by atoms with Gasteiger partial charge in [0.1, 0.15) is 5.75 Å². The number of fused-ring (bicyclic) bond motifs is 1. The molecule has 2 N–H and O–H groups in total. The summed E-state index contributed by atoms with van der Waals surface area (Å²) in [6.45, 7) is 1.56. The van der Waals surface area contributed by atoms with Crippen LogP contribution in [0.25, 0.3) is 22.2 Å². The first-order valence-corrected chi connectivity index (χ1v) is 6.06. The Morgan fingerprint density at radius 3 is 2.47 bits per heavy atom. The number of hydrogen-bond acceptors (Lipinski definition) is 2. The molecule has 3 nitrogen and oxygen atoms in total. The van der Waals surface area contributed by atoms with Crippen LogP contribution in [-0.4, -0.2) is 15.9 Å². The number of aromatic nitrogens is 1. The smallest absolute Gasteiger partial charge is 0.159 e. The summed E-state index contributed by atoms with van der Waals surface area (Å²) in [5.41, 5.74) is 3.67. The molecule has 2 aromatic carbocycles. The van der Waals surface area contributed by atoms with Crippen LogP contribution in [0.5, 0.6) is 5.75 Å². The fourth-order valence-corrected chi connectivity index (χ4v) is 2.15. The number of H-pyrrole nitrogens is 1. The lowest BCUT2D eigenvalue weighted by Gasteiger charge is -1.97. The molecule has 3 rings (SSSR count). The number of Topliss-reactive ketones (excluding diaryl/α,β-unsaturated/α-hetero) is 1. The van der Waals surface area contributed by atoms with E-state index in [1.165, 1.54) is 0 Å². The van der Waals surface area contributed by atoms with Gasteiger partial charge in [0.25, 0.3) is 0 Å². The maximum Gasteiger partial charge on any atom is 0.159 e. The van der Waals surface area contributed by atoms with Crippen LogP contribution in [-0.2, 0) is 0 Å². The molecule has 0 saturated heterocycles. The van der Waals surface area contributed by atoms with Crippen molar-refractivity contribution in [2.45, 2.75) is 6.92 Å². The van der Waals surface area contributed by atoms with Gasteiger partial charge in [0.2, 0.25) is 0 Å². The molecular formula is C16H13NO2. The van der Waals surface area contributed by atoms with E-state index in [1.54, 1.807) is 19.1 Å². The topological polar surface area (TPSA) is 53.1 Å². The molecule has 0 aliphatic heterocycles. The number of aromatic amines is 1. The van der Waals surface area contributed by atoms with E-state index >= 15 is 0 Å². The van der Waals surface area contributed by atoms with E-state index in [9.17, 15) is 9.90 Å². The summed E-state index contributed by atoms with van der Waals surface area (Å²) < 4.78 is 0. The van der Waals surface area contributed by atoms with Gasteiger partial charge in [-0.2, -0.15) is 0 Å². The highest BCUT2D eigenvalue weighted by atomic mass is 16.3. The summed E-state index contributed by atoms with van der Waals surface area (Å²) in [4.78, 5) is 14.7. The highest BCUT2D eigenvalue weighted by Crippen LogP contribution is 2.26. The Morgan fingerprint density at radius 2 is 1.79 bits per heavy atom. The molecule has 19 heavy (non-hydrogen) atoms. The SMILES string of the molecule is CC(=O)c1ccc2[nH]c(-c3ccc(O)cc3)cc2c1. The molecule has 0 saturated carbocycles. The molecule has 0 aliphatic carbocycles. The molecule has 1 aromatic heterocycles. The maximum absolute atomic E-state index is 11.4.